The fourth-order valence-electron chi connectivity index (χ4n) is 5.69. The Balaban J connectivity index is 1.56. The van der Waals surface area contributed by atoms with Gasteiger partial charge >= 0.3 is 0 Å². The predicted molar refractivity (Wildman–Crippen MR) is 80.9 cm³/mol. The first-order valence-corrected chi connectivity index (χ1v) is 8.08. The lowest BCUT2D eigenvalue weighted by Crippen LogP contribution is -2.55. The highest BCUT2D eigenvalue weighted by Crippen LogP contribution is 2.61. The SMILES string of the molecule is Nc1ccncc1CC(N)C12CC3CC(CC(C3)C1)C2. The molecule has 108 valence electrons. The average Bonchev–Trinajstić information content (AvgIpc) is 2.40. The summed E-state index contributed by atoms with van der Waals surface area (Å²) >= 11 is 0. The van der Waals surface area contributed by atoms with E-state index in [0.717, 1.165) is 35.4 Å². The van der Waals surface area contributed by atoms with Crippen molar-refractivity contribution < 1.29 is 0 Å². The zero-order chi connectivity index (χ0) is 13.7. The smallest absolute Gasteiger partial charge is 0.0378 e. The third-order valence-corrected chi connectivity index (χ3v) is 6.25. The summed E-state index contributed by atoms with van der Waals surface area (Å²) in [4.78, 5) is 4.21. The maximum absolute atomic E-state index is 6.69. The lowest BCUT2D eigenvalue weighted by molar-refractivity contribution is -0.0667. The molecule has 4 fully saturated rings. The van der Waals surface area contributed by atoms with E-state index < -0.39 is 0 Å². The molecule has 1 unspecified atom stereocenters. The minimum Gasteiger partial charge on any atom is -0.398 e. The fraction of sp³-hybridized carbons (Fsp3) is 0.706. The zero-order valence-corrected chi connectivity index (χ0v) is 12.1. The molecule has 0 aromatic carbocycles. The molecule has 20 heavy (non-hydrogen) atoms. The van der Waals surface area contributed by atoms with Gasteiger partial charge in [0, 0.05) is 24.1 Å². The largest absolute Gasteiger partial charge is 0.398 e. The van der Waals surface area contributed by atoms with E-state index in [-0.39, 0.29) is 6.04 Å². The second-order valence-electron chi connectivity index (χ2n) is 7.67. The van der Waals surface area contributed by atoms with Gasteiger partial charge in [0.25, 0.3) is 0 Å². The van der Waals surface area contributed by atoms with E-state index in [2.05, 4.69) is 4.98 Å². The number of hydrogen-bond donors (Lipinski definition) is 2. The number of nitrogen functional groups attached to an aromatic ring is 1. The summed E-state index contributed by atoms with van der Waals surface area (Å²) in [6, 6.07) is 2.14. The van der Waals surface area contributed by atoms with Gasteiger partial charge in [-0.15, -0.1) is 0 Å². The molecule has 5 rings (SSSR count). The monoisotopic (exact) mass is 271 g/mol. The van der Waals surface area contributed by atoms with Gasteiger partial charge in [-0.25, -0.2) is 0 Å². The van der Waals surface area contributed by atoms with Crippen LogP contribution in [0, 0.1) is 23.2 Å². The normalized spacial score (nSPS) is 40.0. The Morgan fingerprint density at radius 1 is 1.15 bits per heavy atom. The zero-order valence-electron chi connectivity index (χ0n) is 12.1. The van der Waals surface area contributed by atoms with Crippen LogP contribution in [0.25, 0.3) is 0 Å². The molecule has 4 saturated carbocycles. The lowest BCUT2D eigenvalue weighted by atomic mass is 9.47. The molecule has 0 spiro atoms. The first-order valence-electron chi connectivity index (χ1n) is 8.08. The molecular weight excluding hydrogens is 246 g/mol. The van der Waals surface area contributed by atoms with Crippen LogP contribution in [0.4, 0.5) is 5.69 Å². The van der Waals surface area contributed by atoms with E-state index >= 15 is 0 Å². The minimum absolute atomic E-state index is 0.252. The Morgan fingerprint density at radius 3 is 2.30 bits per heavy atom. The Hall–Kier alpha value is -1.09. The molecule has 4 aliphatic carbocycles. The summed E-state index contributed by atoms with van der Waals surface area (Å²) in [7, 11) is 0. The van der Waals surface area contributed by atoms with Crippen LogP contribution in [0.2, 0.25) is 0 Å². The highest BCUT2D eigenvalue weighted by Gasteiger charge is 2.53. The van der Waals surface area contributed by atoms with E-state index in [1.807, 2.05) is 12.3 Å². The molecule has 4 aliphatic rings. The van der Waals surface area contributed by atoms with Gasteiger partial charge in [0.05, 0.1) is 0 Å². The van der Waals surface area contributed by atoms with Crippen molar-refractivity contribution in [3.05, 3.63) is 24.0 Å². The molecule has 1 aromatic heterocycles. The van der Waals surface area contributed by atoms with Crippen molar-refractivity contribution in [2.75, 3.05) is 5.73 Å². The molecule has 0 saturated heterocycles. The third kappa shape index (κ3) is 1.95. The van der Waals surface area contributed by atoms with Gasteiger partial charge in [-0.1, -0.05) is 0 Å². The Morgan fingerprint density at radius 2 is 1.75 bits per heavy atom. The number of hydrogen-bond acceptors (Lipinski definition) is 3. The van der Waals surface area contributed by atoms with Crippen LogP contribution in [-0.2, 0) is 6.42 Å². The topological polar surface area (TPSA) is 64.9 Å². The van der Waals surface area contributed by atoms with Crippen molar-refractivity contribution in [1.29, 1.82) is 0 Å². The quantitative estimate of drug-likeness (QED) is 0.888. The highest BCUT2D eigenvalue weighted by atomic mass is 14.7. The molecule has 0 radical (unpaired) electrons. The van der Waals surface area contributed by atoms with Gasteiger partial charge in [0.2, 0.25) is 0 Å². The molecule has 4 bridgehead atoms. The molecule has 1 heterocycles. The van der Waals surface area contributed by atoms with Crippen LogP contribution < -0.4 is 11.5 Å². The molecule has 4 N–H and O–H groups in total. The van der Waals surface area contributed by atoms with Crippen molar-refractivity contribution in [2.24, 2.45) is 28.9 Å². The second-order valence-corrected chi connectivity index (χ2v) is 7.67. The van der Waals surface area contributed by atoms with Crippen molar-refractivity contribution in [1.82, 2.24) is 4.98 Å². The predicted octanol–water partition coefficient (Wildman–Crippen LogP) is 2.75. The van der Waals surface area contributed by atoms with Gasteiger partial charge in [-0.2, -0.15) is 0 Å². The number of nitrogens with two attached hydrogens (primary N) is 2. The summed E-state index contributed by atoms with van der Waals surface area (Å²) in [5, 5.41) is 0. The number of anilines is 1. The van der Waals surface area contributed by atoms with Crippen LogP contribution in [-0.4, -0.2) is 11.0 Å². The summed E-state index contributed by atoms with van der Waals surface area (Å²) < 4.78 is 0. The van der Waals surface area contributed by atoms with Crippen LogP contribution in [0.5, 0.6) is 0 Å². The Bertz CT molecular complexity index is 475. The molecule has 0 aliphatic heterocycles. The van der Waals surface area contributed by atoms with E-state index in [9.17, 15) is 0 Å². The number of aromatic nitrogens is 1. The first-order chi connectivity index (χ1) is 9.64. The standard InChI is InChI=1S/C17H25N3/c18-15-1-2-20-10-14(15)6-16(19)17-7-11-3-12(8-17)5-13(4-11)9-17/h1-2,10-13,16H,3-9,19H2,(H2,18,20). The summed E-state index contributed by atoms with van der Waals surface area (Å²) in [5.41, 5.74) is 15.1. The lowest BCUT2D eigenvalue weighted by Gasteiger charge is -2.59. The molecule has 3 heteroatoms. The molecule has 1 atom stereocenters. The summed E-state index contributed by atoms with van der Waals surface area (Å²) in [6.07, 6.45) is 13.1. The average molecular weight is 271 g/mol. The fourth-order valence-corrected chi connectivity index (χ4v) is 5.69. The van der Waals surface area contributed by atoms with Crippen molar-refractivity contribution >= 4 is 5.69 Å². The van der Waals surface area contributed by atoms with Gasteiger partial charge < -0.3 is 11.5 Å². The minimum atomic E-state index is 0.252. The molecule has 1 aromatic rings. The van der Waals surface area contributed by atoms with Crippen molar-refractivity contribution in [3.63, 3.8) is 0 Å². The summed E-state index contributed by atoms with van der Waals surface area (Å²) in [5.74, 6) is 2.87. The second kappa shape index (κ2) is 4.45. The third-order valence-electron chi connectivity index (χ3n) is 6.25. The maximum Gasteiger partial charge on any atom is 0.0378 e. The van der Waals surface area contributed by atoms with Crippen LogP contribution in [0.3, 0.4) is 0 Å². The van der Waals surface area contributed by atoms with E-state index in [0.29, 0.717) is 5.41 Å². The van der Waals surface area contributed by atoms with E-state index in [1.165, 1.54) is 38.5 Å². The van der Waals surface area contributed by atoms with Crippen LogP contribution in [0.1, 0.15) is 44.1 Å². The Kier molecular flexibility index (Phi) is 2.81. The highest BCUT2D eigenvalue weighted by molar-refractivity contribution is 5.44. The van der Waals surface area contributed by atoms with Crippen LogP contribution in [0.15, 0.2) is 18.5 Å². The number of pyridine rings is 1. The summed E-state index contributed by atoms with van der Waals surface area (Å²) in [6.45, 7) is 0. The van der Waals surface area contributed by atoms with Crippen molar-refractivity contribution in [2.45, 2.75) is 51.0 Å². The van der Waals surface area contributed by atoms with Gasteiger partial charge in [0.1, 0.15) is 0 Å². The first kappa shape index (κ1) is 12.6. The Labute approximate surface area is 121 Å². The maximum atomic E-state index is 6.69. The van der Waals surface area contributed by atoms with E-state index in [1.54, 1.807) is 6.20 Å². The van der Waals surface area contributed by atoms with E-state index in [4.69, 9.17) is 11.5 Å². The molecule has 0 amide bonds. The van der Waals surface area contributed by atoms with Gasteiger partial charge in [0.15, 0.2) is 0 Å². The van der Waals surface area contributed by atoms with Crippen molar-refractivity contribution in [3.8, 4) is 0 Å². The number of nitrogens with zero attached hydrogens (tertiary/aromatic N) is 1. The molecule has 3 nitrogen and oxygen atoms in total. The molecular formula is C17H25N3. The van der Waals surface area contributed by atoms with Gasteiger partial charge in [-0.3, -0.25) is 4.98 Å². The van der Waals surface area contributed by atoms with Crippen LogP contribution >= 0.6 is 0 Å². The number of rotatable bonds is 3. The van der Waals surface area contributed by atoms with Gasteiger partial charge in [-0.05, 0) is 79.7 Å².